The van der Waals surface area contributed by atoms with Crippen molar-refractivity contribution in [3.8, 4) is 5.75 Å². The highest BCUT2D eigenvalue weighted by Gasteiger charge is 2.24. The van der Waals surface area contributed by atoms with E-state index in [0.29, 0.717) is 17.6 Å². The molecule has 3 N–H and O–H groups in total. The summed E-state index contributed by atoms with van der Waals surface area (Å²) in [6, 6.07) is 8.24. The van der Waals surface area contributed by atoms with Gasteiger partial charge >= 0.3 is 0 Å². The van der Waals surface area contributed by atoms with Gasteiger partial charge in [-0.25, -0.2) is 0 Å². The lowest BCUT2D eigenvalue weighted by atomic mass is 9.91. The summed E-state index contributed by atoms with van der Waals surface area (Å²) in [7, 11) is 0. The number of rotatable bonds is 9. The van der Waals surface area contributed by atoms with E-state index in [1.807, 2.05) is 24.3 Å². The number of nitrogens with zero attached hydrogens (tertiary/aromatic N) is 1. The van der Waals surface area contributed by atoms with Gasteiger partial charge in [-0.2, -0.15) is 0 Å². The van der Waals surface area contributed by atoms with Crippen molar-refractivity contribution < 1.29 is 9.84 Å². The molecule has 0 bridgehead atoms. The van der Waals surface area contributed by atoms with Gasteiger partial charge in [0.25, 0.3) is 0 Å². The number of aliphatic hydroxyl groups excluding tert-OH is 1. The van der Waals surface area contributed by atoms with E-state index in [1.54, 1.807) is 0 Å². The molecule has 0 unspecified atom stereocenters. The molecule has 0 spiro atoms. The van der Waals surface area contributed by atoms with Crippen LogP contribution in [0.2, 0.25) is 0 Å². The first kappa shape index (κ1) is 16.2. The van der Waals surface area contributed by atoms with Gasteiger partial charge in [-0.15, -0.1) is 0 Å². The molecule has 1 fully saturated rings. The first-order valence-corrected chi connectivity index (χ1v) is 7.99. The van der Waals surface area contributed by atoms with E-state index in [-0.39, 0.29) is 6.61 Å². The zero-order chi connectivity index (χ0) is 15.1. The largest absolute Gasteiger partial charge is 0.492 e. The second-order valence-electron chi connectivity index (χ2n) is 5.43. The van der Waals surface area contributed by atoms with Gasteiger partial charge in [-0.1, -0.05) is 18.6 Å². The number of benzene rings is 1. The Morgan fingerprint density at radius 2 is 2.00 bits per heavy atom. The lowest BCUT2D eigenvalue weighted by Gasteiger charge is -2.37. The number of hydrogen-bond acceptors (Lipinski definition) is 4. The van der Waals surface area contributed by atoms with Crippen LogP contribution in [0.5, 0.6) is 5.75 Å². The van der Waals surface area contributed by atoms with Crippen molar-refractivity contribution in [1.82, 2.24) is 4.90 Å². The van der Waals surface area contributed by atoms with Crippen LogP contribution in [-0.2, 0) is 0 Å². The molecule has 0 aliphatic heterocycles. The summed E-state index contributed by atoms with van der Waals surface area (Å²) in [5, 5.41) is 8.98. The van der Waals surface area contributed by atoms with E-state index < -0.39 is 0 Å². The third-order valence-corrected chi connectivity index (χ3v) is 4.22. The second-order valence-corrected chi connectivity index (χ2v) is 5.87. The lowest BCUT2D eigenvalue weighted by Crippen LogP contribution is -2.43. The summed E-state index contributed by atoms with van der Waals surface area (Å²) in [6.07, 6.45) is 4.70. The van der Waals surface area contributed by atoms with Crippen LogP contribution in [0, 0.1) is 0 Å². The molecule has 0 atom stereocenters. The molecule has 5 heteroatoms. The zero-order valence-corrected chi connectivity index (χ0v) is 13.1. The van der Waals surface area contributed by atoms with Crippen LogP contribution in [0.15, 0.2) is 24.3 Å². The molecule has 0 aromatic heterocycles. The van der Waals surface area contributed by atoms with E-state index in [0.717, 1.165) is 30.8 Å². The molecule has 0 radical (unpaired) electrons. The maximum Gasteiger partial charge on any atom is 0.119 e. The molecule has 116 valence electrons. The van der Waals surface area contributed by atoms with Gasteiger partial charge < -0.3 is 15.6 Å². The fraction of sp³-hybridized carbons (Fsp3) is 0.562. The molecular weight excluding hydrogens is 284 g/mol. The summed E-state index contributed by atoms with van der Waals surface area (Å²) in [5.41, 5.74) is 6.43. The van der Waals surface area contributed by atoms with E-state index in [2.05, 4.69) is 4.90 Å². The minimum Gasteiger partial charge on any atom is -0.492 e. The fourth-order valence-corrected chi connectivity index (χ4v) is 2.63. The molecule has 0 saturated heterocycles. The molecule has 1 aromatic rings. The van der Waals surface area contributed by atoms with Crippen LogP contribution in [-0.4, -0.2) is 47.3 Å². The average molecular weight is 308 g/mol. The minimum absolute atomic E-state index is 0.255. The van der Waals surface area contributed by atoms with Crippen LogP contribution in [0.1, 0.15) is 31.2 Å². The number of hydrogen-bond donors (Lipinski definition) is 2. The van der Waals surface area contributed by atoms with Gasteiger partial charge in [0.05, 0.1) is 0 Å². The summed E-state index contributed by atoms with van der Waals surface area (Å²) in [4.78, 5) is 2.84. The van der Waals surface area contributed by atoms with Crippen molar-refractivity contribution in [2.24, 2.45) is 5.73 Å². The molecular formula is C16H24N2O2S. The molecule has 1 aromatic carbocycles. The Balaban J connectivity index is 1.76. The fourth-order valence-electron chi connectivity index (χ4n) is 2.50. The monoisotopic (exact) mass is 308 g/mol. The highest BCUT2D eigenvalue weighted by Crippen LogP contribution is 2.24. The number of thiocarbonyl (C=S) groups is 1. The molecule has 21 heavy (non-hydrogen) atoms. The zero-order valence-electron chi connectivity index (χ0n) is 12.3. The van der Waals surface area contributed by atoms with Gasteiger partial charge in [-0.05, 0) is 43.5 Å². The van der Waals surface area contributed by atoms with Crippen molar-refractivity contribution in [1.29, 1.82) is 0 Å². The smallest absolute Gasteiger partial charge is 0.119 e. The number of aliphatic hydroxyl groups is 1. The van der Waals surface area contributed by atoms with E-state index >= 15 is 0 Å². The van der Waals surface area contributed by atoms with E-state index in [1.165, 1.54) is 19.3 Å². The molecule has 0 heterocycles. The summed E-state index contributed by atoms with van der Waals surface area (Å²) >= 11 is 4.93. The highest BCUT2D eigenvalue weighted by molar-refractivity contribution is 7.80. The van der Waals surface area contributed by atoms with E-state index in [9.17, 15) is 0 Å². The van der Waals surface area contributed by atoms with Gasteiger partial charge in [0.2, 0.25) is 0 Å². The van der Waals surface area contributed by atoms with Crippen molar-refractivity contribution >= 4 is 17.2 Å². The van der Waals surface area contributed by atoms with Crippen molar-refractivity contribution in [2.75, 3.05) is 26.3 Å². The number of nitrogens with two attached hydrogens (primary N) is 1. The van der Waals surface area contributed by atoms with Gasteiger partial charge in [0, 0.05) is 31.3 Å². The minimum atomic E-state index is 0.255. The number of ether oxygens (including phenoxy) is 1. The van der Waals surface area contributed by atoms with Crippen molar-refractivity contribution in [3.63, 3.8) is 0 Å². The van der Waals surface area contributed by atoms with Gasteiger partial charge in [0.15, 0.2) is 0 Å². The Kier molecular flexibility index (Phi) is 6.42. The maximum absolute atomic E-state index is 8.98. The van der Waals surface area contributed by atoms with Crippen LogP contribution >= 0.6 is 12.2 Å². The molecule has 4 nitrogen and oxygen atoms in total. The maximum atomic E-state index is 8.98. The molecule has 1 aliphatic carbocycles. The third kappa shape index (κ3) is 4.95. The SMILES string of the molecule is NC(=S)c1ccc(OCCN(CCCO)C2CCC2)cc1. The standard InChI is InChI=1S/C16H24N2O2S/c17-16(21)13-5-7-15(8-6-13)20-12-10-18(9-2-11-19)14-3-1-4-14/h5-8,14,19H,1-4,9-12H2,(H2,17,21). The van der Waals surface area contributed by atoms with Crippen LogP contribution in [0.4, 0.5) is 0 Å². The summed E-state index contributed by atoms with van der Waals surface area (Å²) in [5.74, 6) is 0.839. The summed E-state index contributed by atoms with van der Waals surface area (Å²) in [6.45, 7) is 2.77. The Bertz CT molecular complexity index is 446. The molecule has 0 amide bonds. The Labute approximate surface area is 131 Å². The van der Waals surface area contributed by atoms with Gasteiger partial charge in [-0.3, -0.25) is 4.90 Å². The van der Waals surface area contributed by atoms with Crippen LogP contribution in [0.25, 0.3) is 0 Å². The first-order chi connectivity index (χ1) is 10.2. The van der Waals surface area contributed by atoms with Crippen molar-refractivity contribution in [3.05, 3.63) is 29.8 Å². The molecule has 1 saturated carbocycles. The normalized spacial score (nSPS) is 15.0. The predicted molar refractivity (Wildman–Crippen MR) is 88.7 cm³/mol. The highest BCUT2D eigenvalue weighted by atomic mass is 32.1. The topological polar surface area (TPSA) is 58.7 Å². The van der Waals surface area contributed by atoms with Gasteiger partial charge in [0.1, 0.15) is 17.3 Å². The molecule has 2 rings (SSSR count). The third-order valence-electron chi connectivity index (χ3n) is 3.98. The quantitative estimate of drug-likeness (QED) is 0.683. The Hall–Kier alpha value is -1.17. The molecule has 1 aliphatic rings. The second kappa shape index (κ2) is 8.32. The first-order valence-electron chi connectivity index (χ1n) is 7.58. The van der Waals surface area contributed by atoms with Crippen LogP contribution in [0.3, 0.4) is 0 Å². The Morgan fingerprint density at radius 3 is 2.52 bits per heavy atom. The Morgan fingerprint density at radius 1 is 1.29 bits per heavy atom. The van der Waals surface area contributed by atoms with Crippen molar-refractivity contribution in [2.45, 2.75) is 31.7 Å². The average Bonchev–Trinajstić information content (AvgIpc) is 2.43. The van der Waals surface area contributed by atoms with Crippen LogP contribution < -0.4 is 10.5 Å². The predicted octanol–water partition coefficient (Wildman–Crippen LogP) is 1.94. The lowest BCUT2D eigenvalue weighted by molar-refractivity contribution is 0.0984. The van der Waals surface area contributed by atoms with E-state index in [4.69, 9.17) is 27.8 Å². The summed E-state index contributed by atoms with van der Waals surface area (Å²) < 4.78 is 5.78.